The normalized spacial score (nSPS) is 11.8. The van der Waals surface area contributed by atoms with Crippen molar-refractivity contribution in [2.24, 2.45) is 0 Å². The first kappa shape index (κ1) is 7.24. The summed E-state index contributed by atoms with van der Waals surface area (Å²) in [7, 11) is -0.771. The topological polar surface area (TPSA) is 50.2 Å². The zero-order valence-electron chi connectivity index (χ0n) is 6.10. The number of rotatable bonds is 1. The largest absolute Gasteiger partial charge is 0.551 e. The van der Waals surface area contributed by atoms with Crippen LogP contribution < -0.4 is 0 Å². The van der Waals surface area contributed by atoms with Gasteiger partial charge in [-0.2, -0.15) is 4.79 Å². The summed E-state index contributed by atoms with van der Waals surface area (Å²) in [5, 5.41) is 12.2. The van der Waals surface area contributed by atoms with E-state index in [0.717, 1.165) is 10.9 Å². The van der Waals surface area contributed by atoms with E-state index in [4.69, 9.17) is 5.11 Å². The lowest BCUT2D eigenvalue weighted by Gasteiger charge is -1.78. The van der Waals surface area contributed by atoms with Crippen molar-refractivity contribution in [2.75, 3.05) is 0 Å². The second-order valence-corrected chi connectivity index (χ2v) is 3.92. The third-order valence-electron chi connectivity index (χ3n) is 1.57. The van der Waals surface area contributed by atoms with E-state index < -0.39 is 15.8 Å². The van der Waals surface area contributed by atoms with Crippen molar-refractivity contribution in [1.29, 1.82) is 0 Å². The molecule has 60 valence electrons. The number of pyridine rings is 1. The summed E-state index contributed by atoms with van der Waals surface area (Å²) in [6, 6.07) is 3.67. The summed E-state index contributed by atoms with van der Waals surface area (Å²) in [6.45, 7) is 0. The number of hydrogen-bond donors (Lipinski definition) is 1. The minimum absolute atomic E-state index is 0.771. The first-order chi connectivity index (χ1) is 5.77. The predicted octanol–water partition coefficient (Wildman–Crippen LogP) is 2.51. The van der Waals surface area contributed by atoms with E-state index in [1.54, 1.807) is 23.0 Å². The number of thiophene rings is 1. The Labute approximate surface area is 71.3 Å². The number of carbonyl (C=O) groups is 1. The van der Waals surface area contributed by atoms with Crippen LogP contribution in [0.15, 0.2) is 29.1 Å². The van der Waals surface area contributed by atoms with E-state index in [1.165, 1.54) is 0 Å². The van der Waals surface area contributed by atoms with Crippen molar-refractivity contribution < 1.29 is 9.90 Å². The summed E-state index contributed by atoms with van der Waals surface area (Å²) >= 11 is 0. The van der Waals surface area contributed by atoms with Crippen molar-refractivity contribution in [3.63, 3.8) is 0 Å². The van der Waals surface area contributed by atoms with Crippen LogP contribution in [0.25, 0.3) is 10.9 Å². The average Bonchev–Trinajstić information content (AvgIpc) is 2.46. The zero-order chi connectivity index (χ0) is 8.55. The van der Waals surface area contributed by atoms with Crippen LogP contribution in [0.5, 0.6) is 0 Å². The molecule has 0 saturated heterocycles. The van der Waals surface area contributed by atoms with Gasteiger partial charge in [-0.25, -0.2) is 0 Å². The molecule has 0 amide bonds. The van der Waals surface area contributed by atoms with Crippen molar-refractivity contribution in [3.05, 3.63) is 29.1 Å². The molecule has 2 heterocycles. The highest BCUT2D eigenvalue weighted by Crippen LogP contribution is 2.26. The van der Waals surface area contributed by atoms with Crippen LogP contribution in [-0.2, 0) is 0 Å². The maximum Gasteiger partial charge on any atom is 0.551 e. The Morgan fingerprint density at radius 1 is 1.50 bits per heavy atom. The minimum Gasteiger partial charge on any atom is -0.437 e. The molecule has 2 aromatic rings. The van der Waals surface area contributed by atoms with Crippen LogP contribution in [0.1, 0.15) is 0 Å². The van der Waals surface area contributed by atoms with Gasteiger partial charge in [0.1, 0.15) is 5.52 Å². The second-order valence-electron chi connectivity index (χ2n) is 2.35. The van der Waals surface area contributed by atoms with E-state index in [2.05, 4.69) is 4.98 Å². The maximum absolute atomic E-state index is 10.6. The summed E-state index contributed by atoms with van der Waals surface area (Å²) in [5.74, 6) is 0. The van der Waals surface area contributed by atoms with Gasteiger partial charge in [-0.05, 0) is 12.1 Å². The number of hydrogen-bond acceptors (Lipinski definition) is 2. The molecule has 0 aromatic carbocycles. The Bertz CT molecular complexity index is 402. The first-order valence-corrected chi connectivity index (χ1v) is 4.72. The molecule has 1 atom stereocenters. The van der Waals surface area contributed by atoms with Gasteiger partial charge in [-0.3, -0.25) is 4.98 Å². The Morgan fingerprint density at radius 2 is 2.33 bits per heavy atom. The molecule has 0 aliphatic rings. The van der Waals surface area contributed by atoms with Gasteiger partial charge < -0.3 is 5.11 Å². The van der Waals surface area contributed by atoms with Crippen LogP contribution in [0.3, 0.4) is 0 Å². The van der Waals surface area contributed by atoms with Gasteiger partial charge in [0, 0.05) is 6.20 Å². The molecule has 12 heavy (non-hydrogen) atoms. The third-order valence-corrected chi connectivity index (χ3v) is 2.95. The highest BCUT2D eigenvalue weighted by atomic mass is 32.2. The monoisotopic (exact) mass is 180 g/mol. The van der Waals surface area contributed by atoms with E-state index in [9.17, 15) is 4.79 Å². The highest BCUT2D eigenvalue weighted by Gasteiger charge is 2.17. The molecule has 2 aromatic heterocycles. The van der Waals surface area contributed by atoms with Crippen LogP contribution in [0.4, 0.5) is 4.79 Å². The fourth-order valence-corrected chi connectivity index (χ4v) is 2.20. The van der Waals surface area contributed by atoms with Gasteiger partial charge in [0.2, 0.25) is 0 Å². The molecule has 3 nitrogen and oxygen atoms in total. The molecular formula is C8H6NO2S+. The lowest BCUT2D eigenvalue weighted by Crippen LogP contribution is -1.79. The molecule has 0 spiro atoms. The Balaban J connectivity index is 2.70. The van der Waals surface area contributed by atoms with E-state index in [0.29, 0.717) is 0 Å². The number of carboxylic acid groups (broad SMARTS) is 1. The quantitative estimate of drug-likeness (QED) is 0.686. The van der Waals surface area contributed by atoms with Crippen LogP contribution in [0, 0.1) is 0 Å². The Kier molecular flexibility index (Phi) is 1.55. The molecule has 1 unspecified atom stereocenters. The molecule has 0 aliphatic heterocycles. The van der Waals surface area contributed by atoms with Crippen molar-refractivity contribution in [3.8, 4) is 0 Å². The molecule has 0 bridgehead atoms. The third kappa shape index (κ3) is 1.06. The summed E-state index contributed by atoms with van der Waals surface area (Å²) in [6.07, 6.45) is 1.66. The lowest BCUT2D eigenvalue weighted by atomic mass is 10.3. The van der Waals surface area contributed by atoms with E-state index in [-0.39, 0.29) is 0 Å². The lowest BCUT2D eigenvalue weighted by molar-refractivity contribution is 0.221. The van der Waals surface area contributed by atoms with Gasteiger partial charge in [-0.1, -0.05) is 0 Å². The molecule has 2 rings (SSSR count). The van der Waals surface area contributed by atoms with Gasteiger partial charge in [0.15, 0.2) is 10.8 Å². The van der Waals surface area contributed by atoms with Crippen molar-refractivity contribution in [2.45, 2.75) is 0 Å². The zero-order valence-corrected chi connectivity index (χ0v) is 6.91. The number of fused-ring (bicyclic) bond motifs is 1. The van der Waals surface area contributed by atoms with Crippen molar-refractivity contribution in [1.82, 2.24) is 4.98 Å². The summed E-state index contributed by atoms with van der Waals surface area (Å²) < 4.78 is 0. The predicted molar refractivity (Wildman–Crippen MR) is 47.6 cm³/mol. The SMILES string of the molecule is O=C(O)[s+]1cc2cccnc2c1. The van der Waals surface area contributed by atoms with Gasteiger partial charge in [0.25, 0.3) is 0 Å². The molecule has 0 saturated carbocycles. The summed E-state index contributed by atoms with van der Waals surface area (Å²) in [5.41, 5.74) is 0.781. The van der Waals surface area contributed by atoms with Gasteiger partial charge in [-0.15, -0.1) is 0 Å². The fourth-order valence-electron chi connectivity index (χ4n) is 1.02. The maximum atomic E-state index is 10.6. The smallest absolute Gasteiger partial charge is 0.437 e. The average molecular weight is 180 g/mol. The Hall–Kier alpha value is -1.42. The molecule has 4 heteroatoms. The molecular weight excluding hydrogens is 174 g/mol. The molecule has 1 N–H and O–H groups in total. The molecule has 0 fully saturated rings. The van der Waals surface area contributed by atoms with Crippen LogP contribution >= 0.6 is 10.5 Å². The van der Waals surface area contributed by atoms with Gasteiger partial charge in [0.05, 0.1) is 15.9 Å². The van der Waals surface area contributed by atoms with E-state index in [1.807, 2.05) is 6.07 Å². The highest BCUT2D eigenvalue weighted by molar-refractivity contribution is 7.48. The first-order valence-electron chi connectivity index (χ1n) is 3.37. The molecule has 0 radical (unpaired) electrons. The minimum atomic E-state index is -0.798. The standard InChI is InChI=1S/C8H5NO2S/c10-8(11)12-4-6-2-1-3-9-7(6)5-12/h1-5H/p+1. The van der Waals surface area contributed by atoms with Crippen LogP contribution in [-0.4, -0.2) is 15.4 Å². The van der Waals surface area contributed by atoms with Crippen LogP contribution in [0.2, 0.25) is 0 Å². The second kappa shape index (κ2) is 2.57. The Morgan fingerprint density at radius 3 is 3.00 bits per heavy atom. The number of aromatic nitrogens is 1. The fraction of sp³-hybridized carbons (Fsp3) is 0. The van der Waals surface area contributed by atoms with Crippen molar-refractivity contribution >= 4 is 26.7 Å². The number of nitrogens with zero attached hydrogens (tertiary/aromatic N) is 1. The van der Waals surface area contributed by atoms with Gasteiger partial charge >= 0.3 is 5.30 Å². The summed E-state index contributed by atoms with van der Waals surface area (Å²) in [4.78, 5) is 14.6. The van der Waals surface area contributed by atoms with E-state index >= 15 is 0 Å². The molecule has 0 aliphatic carbocycles.